The smallest absolute Gasteiger partial charge is 0.0494 e. The van der Waals surface area contributed by atoms with E-state index in [1.165, 1.54) is 11.8 Å². The Kier molecular flexibility index (Phi) is 3.31. The highest BCUT2D eigenvalue weighted by molar-refractivity contribution is 5.23. The summed E-state index contributed by atoms with van der Waals surface area (Å²) in [6.07, 6.45) is 4.81. The molecule has 13 heavy (non-hydrogen) atoms. The molecule has 1 rings (SSSR count). The van der Waals surface area contributed by atoms with Crippen LogP contribution in [0.25, 0.3) is 0 Å². The lowest BCUT2D eigenvalue weighted by Crippen LogP contribution is -2.07. The van der Waals surface area contributed by atoms with E-state index < -0.39 is 0 Å². The minimum atomic E-state index is 0.639. The van der Waals surface area contributed by atoms with E-state index >= 15 is 0 Å². The van der Waals surface area contributed by atoms with Gasteiger partial charge < -0.3 is 11.5 Å². The fraction of sp³-hybridized carbons (Fsp3) is 0.300. The predicted molar refractivity (Wildman–Crippen MR) is 53.8 cm³/mol. The van der Waals surface area contributed by atoms with Crippen LogP contribution in [0.15, 0.2) is 30.2 Å². The number of hydrogen-bond donors (Lipinski definition) is 2. The van der Waals surface area contributed by atoms with Crippen LogP contribution in [-0.4, -0.2) is 4.98 Å². The maximum Gasteiger partial charge on any atom is 0.0494 e. The summed E-state index contributed by atoms with van der Waals surface area (Å²) in [7, 11) is 0. The first-order valence-corrected chi connectivity index (χ1v) is 4.37. The summed E-state index contributed by atoms with van der Waals surface area (Å²) in [5.41, 5.74) is 13.8. The van der Waals surface area contributed by atoms with Crippen molar-refractivity contribution in [3.63, 3.8) is 0 Å². The summed E-state index contributed by atoms with van der Waals surface area (Å²) in [5, 5.41) is 0. The molecule has 0 radical (unpaired) electrons. The number of rotatable bonds is 3. The lowest BCUT2D eigenvalue weighted by molar-refractivity contribution is 0.961. The third kappa shape index (κ3) is 2.47. The molecule has 0 spiro atoms. The normalized spacial score (nSPS) is 11.6. The maximum absolute atomic E-state index is 5.62. The zero-order chi connectivity index (χ0) is 9.68. The Morgan fingerprint density at radius 2 is 2.38 bits per heavy atom. The summed E-state index contributed by atoms with van der Waals surface area (Å²) in [6, 6.07) is 4.00. The second kappa shape index (κ2) is 4.50. The van der Waals surface area contributed by atoms with Crippen LogP contribution in [0.4, 0.5) is 0 Å². The SMILES string of the molecule is CCc1cccnc1CC(N)=CN. The molecule has 3 heteroatoms. The number of aryl methyl sites for hydroxylation is 1. The Bertz CT molecular complexity index is 305. The molecule has 0 aliphatic rings. The highest BCUT2D eigenvalue weighted by atomic mass is 14.7. The average Bonchev–Trinajstić information content (AvgIpc) is 2.18. The topological polar surface area (TPSA) is 64.9 Å². The molecule has 0 atom stereocenters. The molecular formula is C10H15N3. The number of pyridine rings is 1. The van der Waals surface area contributed by atoms with Gasteiger partial charge in [0.2, 0.25) is 0 Å². The van der Waals surface area contributed by atoms with Gasteiger partial charge in [0.15, 0.2) is 0 Å². The van der Waals surface area contributed by atoms with Gasteiger partial charge in [0.25, 0.3) is 0 Å². The molecule has 0 fully saturated rings. The molecule has 1 aromatic heterocycles. The van der Waals surface area contributed by atoms with Gasteiger partial charge in [-0.3, -0.25) is 4.98 Å². The van der Waals surface area contributed by atoms with Crippen molar-refractivity contribution in [2.45, 2.75) is 19.8 Å². The molecule has 4 N–H and O–H groups in total. The summed E-state index contributed by atoms with van der Waals surface area (Å²) >= 11 is 0. The Morgan fingerprint density at radius 1 is 1.62 bits per heavy atom. The summed E-state index contributed by atoms with van der Waals surface area (Å²) in [4.78, 5) is 4.26. The molecule has 0 amide bonds. The van der Waals surface area contributed by atoms with Gasteiger partial charge in [-0.25, -0.2) is 0 Å². The van der Waals surface area contributed by atoms with Crippen LogP contribution in [-0.2, 0) is 12.8 Å². The molecule has 0 aromatic carbocycles. The molecule has 70 valence electrons. The molecule has 0 aliphatic carbocycles. The number of hydrogen-bond acceptors (Lipinski definition) is 3. The van der Waals surface area contributed by atoms with E-state index in [-0.39, 0.29) is 0 Å². The van der Waals surface area contributed by atoms with Crippen molar-refractivity contribution in [1.82, 2.24) is 4.98 Å². The summed E-state index contributed by atoms with van der Waals surface area (Å²) in [6.45, 7) is 2.10. The van der Waals surface area contributed by atoms with Crippen molar-refractivity contribution < 1.29 is 0 Å². The molecule has 0 saturated heterocycles. The first-order valence-electron chi connectivity index (χ1n) is 4.37. The molecule has 3 nitrogen and oxygen atoms in total. The fourth-order valence-electron chi connectivity index (χ4n) is 1.20. The largest absolute Gasteiger partial charge is 0.403 e. The number of nitrogens with two attached hydrogens (primary N) is 2. The van der Waals surface area contributed by atoms with E-state index in [2.05, 4.69) is 18.0 Å². The van der Waals surface area contributed by atoms with Crippen molar-refractivity contribution in [3.05, 3.63) is 41.5 Å². The molecule has 0 bridgehead atoms. The highest BCUT2D eigenvalue weighted by Gasteiger charge is 2.01. The van der Waals surface area contributed by atoms with Gasteiger partial charge in [-0.2, -0.15) is 0 Å². The van der Waals surface area contributed by atoms with E-state index in [9.17, 15) is 0 Å². The van der Waals surface area contributed by atoms with Gasteiger partial charge in [-0.1, -0.05) is 13.0 Å². The molecule has 1 heterocycles. The van der Waals surface area contributed by atoms with Crippen molar-refractivity contribution in [1.29, 1.82) is 0 Å². The summed E-state index contributed by atoms with van der Waals surface area (Å²) < 4.78 is 0. The lowest BCUT2D eigenvalue weighted by Gasteiger charge is -2.05. The van der Waals surface area contributed by atoms with E-state index in [0.717, 1.165) is 12.1 Å². The lowest BCUT2D eigenvalue weighted by atomic mass is 10.1. The van der Waals surface area contributed by atoms with E-state index in [0.29, 0.717) is 12.1 Å². The highest BCUT2D eigenvalue weighted by Crippen LogP contribution is 2.08. The van der Waals surface area contributed by atoms with Gasteiger partial charge >= 0.3 is 0 Å². The molecular weight excluding hydrogens is 162 g/mol. The quantitative estimate of drug-likeness (QED) is 0.722. The third-order valence-electron chi connectivity index (χ3n) is 1.95. The van der Waals surface area contributed by atoms with Gasteiger partial charge in [0.05, 0.1) is 0 Å². The zero-order valence-electron chi connectivity index (χ0n) is 7.83. The first kappa shape index (κ1) is 9.58. The van der Waals surface area contributed by atoms with Crippen LogP contribution in [0.1, 0.15) is 18.2 Å². The number of allylic oxidation sites excluding steroid dienone is 1. The van der Waals surface area contributed by atoms with Crippen LogP contribution in [0.2, 0.25) is 0 Å². The maximum atomic E-state index is 5.62. The first-order chi connectivity index (χ1) is 6.27. The van der Waals surface area contributed by atoms with Crippen molar-refractivity contribution in [2.24, 2.45) is 11.5 Å². The summed E-state index contributed by atoms with van der Waals surface area (Å²) in [5.74, 6) is 0. The Morgan fingerprint density at radius 3 is 3.00 bits per heavy atom. The van der Waals surface area contributed by atoms with E-state index in [1.807, 2.05) is 6.07 Å². The average molecular weight is 177 g/mol. The second-order valence-electron chi connectivity index (χ2n) is 2.88. The van der Waals surface area contributed by atoms with Gasteiger partial charge in [0, 0.05) is 30.2 Å². The third-order valence-corrected chi connectivity index (χ3v) is 1.95. The van der Waals surface area contributed by atoms with E-state index in [1.54, 1.807) is 6.20 Å². The number of aromatic nitrogens is 1. The minimum absolute atomic E-state index is 0.639. The standard InChI is InChI=1S/C10H15N3/c1-2-8-4-3-5-13-10(8)6-9(12)7-11/h3-5,7H,2,6,11-12H2,1H3. The molecule has 0 unspecified atom stereocenters. The Labute approximate surface area is 78.5 Å². The fourth-order valence-corrected chi connectivity index (χ4v) is 1.20. The number of nitrogens with zero attached hydrogens (tertiary/aromatic N) is 1. The zero-order valence-corrected chi connectivity index (χ0v) is 7.83. The van der Waals surface area contributed by atoms with Crippen LogP contribution < -0.4 is 11.5 Å². The van der Waals surface area contributed by atoms with Crippen LogP contribution in [0, 0.1) is 0 Å². The van der Waals surface area contributed by atoms with Gasteiger partial charge in [-0.05, 0) is 18.1 Å². The van der Waals surface area contributed by atoms with Crippen LogP contribution in [0.3, 0.4) is 0 Å². The van der Waals surface area contributed by atoms with Crippen molar-refractivity contribution in [2.75, 3.05) is 0 Å². The molecule has 0 saturated carbocycles. The van der Waals surface area contributed by atoms with Gasteiger partial charge in [0.1, 0.15) is 0 Å². The minimum Gasteiger partial charge on any atom is -0.403 e. The second-order valence-corrected chi connectivity index (χ2v) is 2.88. The van der Waals surface area contributed by atoms with Crippen molar-refractivity contribution >= 4 is 0 Å². The van der Waals surface area contributed by atoms with Crippen molar-refractivity contribution in [3.8, 4) is 0 Å². The van der Waals surface area contributed by atoms with Crippen LogP contribution >= 0.6 is 0 Å². The van der Waals surface area contributed by atoms with Gasteiger partial charge in [-0.15, -0.1) is 0 Å². The Balaban J connectivity index is 2.87. The molecule has 0 aliphatic heterocycles. The monoisotopic (exact) mass is 177 g/mol. The molecule has 1 aromatic rings. The van der Waals surface area contributed by atoms with Crippen LogP contribution in [0.5, 0.6) is 0 Å². The van der Waals surface area contributed by atoms with E-state index in [4.69, 9.17) is 11.5 Å². The predicted octanol–water partition coefficient (Wildman–Crippen LogP) is 0.945. The Hall–Kier alpha value is -1.51.